The zero-order chi connectivity index (χ0) is 16.9. The van der Waals surface area contributed by atoms with Crippen LogP contribution in [0.25, 0.3) is 11.1 Å². The predicted molar refractivity (Wildman–Crippen MR) is 98.0 cm³/mol. The van der Waals surface area contributed by atoms with E-state index in [2.05, 4.69) is 41.9 Å². The van der Waals surface area contributed by atoms with E-state index in [0.29, 0.717) is 6.04 Å². The lowest BCUT2D eigenvalue weighted by molar-refractivity contribution is 0.416. The zero-order valence-corrected chi connectivity index (χ0v) is 14.6. The van der Waals surface area contributed by atoms with Gasteiger partial charge in [0.15, 0.2) is 0 Å². The van der Waals surface area contributed by atoms with Gasteiger partial charge >= 0.3 is 0 Å². The summed E-state index contributed by atoms with van der Waals surface area (Å²) in [5, 5.41) is 5.63. The molecule has 0 aliphatic heterocycles. The summed E-state index contributed by atoms with van der Waals surface area (Å²) in [4.78, 5) is 1.32. The lowest BCUT2D eigenvalue weighted by Gasteiger charge is -2.14. The van der Waals surface area contributed by atoms with E-state index >= 15 is 0 Å². The van der Waals surface area contributed by atoms with Crippen LogP contribution in [0.15, 0.2) is 60.0 Å². The number of methoxy groups -OCH3 is 1. The first-order chi connectivity index (χ1) is 11.7. The number of hydrogen-bond acceptors (Lipinski definition) is 3. The van der Waals surface area contributed by atoms with Crippen molar-refractivity contribution in [1.29, 1.82) is 0 Å². The summed E-state index contributed by atoms with van der Waals surface area (Å²) in [6, 6.07) is 17.1. The Kier molecular flexibility index (Phi) is 5.28. The van der Waals surface area contributed by atoms with E-state index in [-0.39, 0.29) is 5.82 Å². The number of halogens is 1. The summed E-state index contributed by atoms with van der Waals surface area (Å²) in [7, 11) is 1.65. The Morgan fingerprint density at radius 2 is 1.92 bits per heavy atom. The lowest BCUT2D eigenvalue weighted by atomic mass is 10.0. The van der Waals surface area contributed by atoms with Crippen molar-refractivity contribution in [2.45, 2.75) is 19.5 Å². The third-order valence-corrected chi connectivity index (χ3v) is 5.06. The predicted octanol–water partition coefficient (Wildman–Crippen LogP) is 5.41. The van der Waals surface area contributed by atoms with E-state index in [1.807, 2.05) is 6.07 Å². The van der Waals surface area contributed by atoms with Crippen LogP contribution in [-0.4, -0.2) is 7.11 Å². The molecule has 0 radical (unpaired) electrons. The second-order valence-electron chi connectivity index (χ2n) is 5.66. The van der Waals surface area contributed by atoms with Crippen molar-refractivity contribution in [3.8, 4) is 16.9 Å². The molecule has 0 amide bonds. The third-order valence-electron chi connectivity index (χ3n) is 4.00. The maximum Gasteiger partial charge on any atom is 0.126 e. The molecule has 24 heavy (non-hydrogen) atoms. The molecule has 0 fully saturated rings. The fraction of sp³-hybridized carbons (Fsp3) is 0.200. The summed E-state index contributed by atoms with van der Waals surface area (Å²) in [6.07, 6.45) is 0. The lowest BCUT2D eigenvalue weighted by Crippen LogP contribution is -2.17. The molecule has 2 nitrogen and oxygen atoms in total. The van der Waals surface area contributed by atoms with Gasteiger partial charge in [0.05, 0.1) is 7.11 Å². The van der Waals surface area contributed by atoms with E-state index in [1.54, 1.807) is 30.6 Å². The van der Waals surface area contributed by atoms with E-state index in [1.165, 1.54) is 22.6 Å². The van der Waals surface area contributed by atoms with Crippen LogP contribution < -0.4 is 10.1 Å². The Morgan fingerprint density at radius 1 is 1.12 bits per heavy atom. The van der Waals surface area contributed by atoms with Crippen LogP contribution in [0.5, 0.6) is 5.75 Å². The normalized spacial score (nSPS) is 12.1. The summed E-state index contributed by atoms with van der Waals surface area (Å²) < 4.78 is 18.6. The van der Waals surface area contributed by atoms with Crippen molar-refractivity contribution in [2.75, 3.05) is 7.11 Å². The SMILES string of the molecule is COc1ccc(CNC(C)c2cccs2)cc1-c1ccc(F)cc1. The number of benzene rings is 2. The molecule has 1 heterocycles. The molecule has 0 aliphatic rings. The fourth-order valence-corrected chi connectivity index (χ4v) is 3.39. The highest BCUT2D eigenvalue weighted by Crippen LogP contribution is 2.31. The average molecular weight is 341 g/mol. The van der Waals surface area contributed by atoms with E-state index < -0.39 is 0 Å². The largest absolute Gasteiger partial charge is 0.496 e. The molecule has 0 saturated carbocycles. The van der Waals surface area contributed by atoms with Gasteiger partial charge in [-0.3, -0.25) is 0 Å². The van der Waals surface area contributed by atoms with Crippen molar-refractivity contribution in [3.05, 3.63) is 76.2 Å². The number of nitrogens with one attached hydrogen (secondary N) is 1. The van der Waals surface area contributed by atoms with Crippen molar-refractivity contribution < 1.29 is 9.13 Å². The van der Waals surface area contributed by atoms with Gasteiger partial charge in [-0.25, -0.2) is 4.39 Å². The van der Waals surface area contributed by atoms with E-state index in [4.69, 9.17) is 4.74 Å². The Labute approximate surface area is 145 Å². The standard InChI is InChI=1S/C20H20FNOS/c1-14(20-4-3-11-24-20)22-13-15-5-10-19(23-2)18(12-15)16-6-8-17(21)9-7-16/h3-12,14,22H,13H2,1-2H3. The first kappa shape index (κ1) is 16.7. The number of thiophene rings is 1. The van der Waals surface area contributed by atoms with Gasteiger partial charge in [0.25, 0.3) is 0 Å². The van der Waals surface area contributed by atoms with Gasteiger partial charge in [0, 0.05) is 23.0 Å². The molecule has 0 saturated heterocycles. The van der Waals surface area contributed by atoms with Gasteiger partial charge in [0.2, 0.25) is 0 Å². The molecule has 4 heteroatoms. The molecular formula is C20H20FNOS. The fourth-order valence-electron chi connectivity index (χ4n) is 2.63. The first-order valence-corrected chi connectivity index (χ1v) is 8.75. The van der Waals surface area contributed by atoms with Crippen molar-refractivity contribution in [3.63, 3.8) is 0 Å². The van der Waals surface area contributed by atoms with Crippen LogP contribution in [0.3, 0.4) is 0 Å². The highest BCUT2D eigenvalue weighted by molar-refractivity contribution is 7.10. The van der Waals surface area contributed by atoms with Gasteiger partial charge < -0.3 is 10.1 Å². The van der Waals surface area contributed by atoms with Crippen LogP contribution >= 0.6 is 11.3 Å². The molecule has 2 aromatic carbocycles. The van der Waals surface area contributed by atoms with Gasteiger partial charge in [-0.1, -0.05) is 24.3 Å². The van der Waals surface area contributed by atoms with Crippen LogP contribution in [0.1, 0.15) is 23.4 Å². The molecule has 1 atom stereocenters. The second-order valence-corrected chi connectivity index (χ2v) is 6.64. The number of rotatable bonds is 6. The highest BCUT2D eigenvalue weighted by atomic mass is 32.1. The minimum atomic E-state index is -0.236. The Bertz CT molecular complexity index is 784. The first-order valence-electron chi connectivity index (χ1n) is 7.87. The maximum atomic E-state index is 13.2. The van der Waals surface area contributed by atoms with Gasteiger partial charge in [-0.05, 0) is 53.8 Å². The number of hydrogen-bond donors (Lipinski definition) is 1. The van der Waals surface area contributed by atoms with Crippen molar-refractivity contribution in [1.82, 2.24) is 5.32 Å². The smallest absolute Gasteiger partial charge is 0.126 e. The zero-order valence-electron chi connectivity index (χ0n) is 13.8. The van der Waals surface area contributed by atoms with Crippen LogP contribution in [0.4, 0.5) is 4.39 Å². The number of ether oxygens (including phenoxy) is 1. The van der Waals surface area contributed by atoms with Crippen molar-refractivity contribution >= 4 is 11.3 Å². The molecule has 0 bridgehead atoms. The summed E-state index contributed by atoms with van der Waals surface area (Å²) in [6.45, 7) is 2.92. The van der Waals surface area contributed by atoms with Gasteiger partial charge in [0.1, 0.15) is 11.6 Å². The quantitative estimate of drug-likeness (QED) is 0.647. The molecule has 0 aliphatic carbocycles. The molecule has 3 aromatic rings. The summed E-state index contributed by atoms with van der Waals surface area (Å²) in [5.74, 6) is 0.553. The van der Waals surface area contributed by atoms with Gasteiger partial charge in [-0.2, -0.15) is 0 Å². The molecule has 124 valence electrons. The highest BCUT2D eigenvalue weighted by Gasteiger charge is 2.09. The van der Waals surface area contributed by atoms with Crippen LogP contribution in [-0.2, 0) is 6.54 Å². The second kappa shape index (κ2) is 7.60. The summed E-state index contributed by atoms with van der Waals surface area (Å²) >= 11 is 1.76. The monoisotopic (exact) mass is 341 g/mol. The van der Waals surface area contributed by atoms with E-state index in [0.717, 1.165) is 23.4 Å². The maximum absolute atomic E-state index is 13.2. The van der Waals surface area contributed by atoms with E-state index in [9.17, 15) is 4.39 Å². The molecule has 1 aromatic heterocycles. The third kappa shape index (κ3) is 3.83. The molecule has 1 N–H and O–H groups in total. The molecule has 1 unspecified atom stereocenters. The Hall–Kier alpha value is -2.17. The van der Waals surface area contributed by atoms with Crippen LogP contribution in [0.2, 0.25) is 0 Å². The van der Waals surface area contributed by atoms with Gasteiger partial charge in [-0.15, -0.1) is 11.3 Å². The molecular weight excluding hydrogens is 321 g/mol. The Balaban J connectivity index is 1.79. The van der Waals surface area contributed by atoms with Crippen molar-refractivity contribution in [2.24, 2.45) is 0 Å². The average Bonchev–Trinajstić information content (AvgIpc) is 3.15. The summed E-state index contributed by atoms with van der Waals surface area (Å²) in [5.41, 5.74) is 3.08. The Morgan fingerprint density at radius 3 is 2.58 bits per heavy atom. The minimum Gasteiger partial charge on any atom is -0.496 e. The topological polar surface area (TPSA) is 21.3 Å². The molecule has 3 rings (SSSR count). The molecule has 0 spiro atoms. The van der Waals surface area contributed by atoms with Crippen LogP contribution in [0, 0.1) is 5.82 Å². The minimum absolute atomic E-state index is 0.236.